The Morgan fingerprint density at radius 1 is 1.04 bits per heavy atom. The van der Waals surface area contributed by atoms with Crippen LogP contribution in [0.25, 0.3) is 11.0 Å². The van der Waals surface area contributed by atoms with Crippen LogP contribution in [0, 0.1) is 0 Å². The molecule has 1 amide bonds. The zero-order chi connectivity index (χ0) is 18.0. The van der Waals surface area contributed by atoms with Gasteiger partial charge in [-0.15, -0.1) is 11.3 Å². The molecular formula is C18H18N4O2S. The van der Waals surface area contributed by atoms with Gasteiger partial charge in [-0.05, 0) is 31.0 Å². The predicted molar refractivity (Wildman–Crippen MR) is 98.4 cm³/mol. The van der Waals surface area contributed by atoms with Gasteiger partial charge >= 0.3 is 0 Å². The number of carbonyl (C=O) groups excluding carboxylic acids is 2. The number of hydrogen-bond donors (Lipinski definition) is 1. The van der Waals surface area contributed by atoms with E-state index in [1.807, 2.05) is 6.92 Å². The zero-order valence-corrected chi connectivity index (χ0v) is 15.1. The van der Waals surface area contributed by atoms with E-state index in [1.54, 1.807) is 23.6 Å². The van der Waals surface area contributed by atoms with E-state index in [9.17, 15) is 9.59 Å². The van der Waals surface area contributed by atoms with E-state index in [-0.39, 0.29) is 11.7 Å². The standard InChI is InChI=1S/C18H18N4O2S/c1-4-12-13(5-2)20-15-8-11(6-7-14(15)19-12)17(24)22-18-21-16(9-25-18)10(3)23/h6-9H,4-5H2,1-3H3,(H,21,22,24). The number of hydrogen-bond acceptors (Lipinski definition) is 6. The summed E-state index contributed by atoms with van der Waals surface area (Å²) in [6, 6.07) is 5.26. The molecule has 1 aromatic carbocycles. The van der Waals surface area contributed by atoms with E-state index in [0.29, 0.717) is 21.9 Å². The van der Waals surface area contributed by atoms with Crippen LogP contribution in [0.3, 0.4) is 0 Å². The number of amides is 1. The van der Waals surface area contributed by atoms with Crippen LogP contribution in [-0.4, -0.2) is 26.6 Å². The summed E-state index contributed by atoms with van der Waals surface area (Å²) in [6.45, 7) is 5.54. The topological polar surface area (TPSA) is 84.8 Å². The number of nitrogens with zero attached hydrogens (tertiary/aromatic N) is 3. The SMILES string of the molecule is CCc1nc2ccc(C(=O)Nc3nc(C(C)=O)cs3)cc2nc1CC. The first-order valence-corrected chi connectivity index (χ1v) is 8.97. The second kappa shape index (κ2) is 7.06. The van der Waals surface area contributed by atoms with Gasteiger partial charge in [0, 0.05) is 17.9 Å². The van der Waals surface area contributed by atoms with Crippen molar-refractivity contribution in [3.63, 3.8) is 0 Å². The molecule has 7 heteroatoms. The average molecular weight is 354 g/mol. The number of benzene rings is 1. The minimum absolute atomic E-state index is 0.128. The molecule has 0 unspecified atom stereocenters. The molecule has 0 atom stereocenters. The van der Waals surface area contributed by atoms with Gasteiger partial charge in [-0.2, -0.15) is 0 Å². The molecule has 0 fully saturated rings. The van der Waals surface area contributed by atoms with Gasteiger partial charge in [-0.3, -0.25) is 14.9 Å². The molecule has 2 heterocycles. The number of nitrogens with one attached hydrogen (secondary N) is 1. The van der Waals surface area contributed by atoms with E-state index in [4.69, 9.17) is 0 Å². The molecule has 25 heavy (non-hydrogen) atoms. The van der Waals surface area contributed by atoms with Crippen LogP contribution in [0.5, 0.6) is 0 Å². The van der Waals surface area contributed by atoms with Crippen LogP contribution in [0.1, 0.15) is 53.0 Å². The summed E-state index contributed by atoms with van der Waals surface area (Å²) in [6.07, 6.45) is 1.63. The lowest BCUT2D eigenvalue weighted by Gasteiger charge is -2.08. The van der Waals surface area contributed by atoms with Crippen LogP contribution in [0.4, 0.5) is 5.13 Å². The van der Waals surface area contributed by atoms with Gasteiger partial charge in [0.25, 0.3) is 5.91 Å². The molecule has 1 N–H and O–H groups in total. The van der Waals surface area contributed by atoms with Crippen molar-refractivity contribution in [3.8, 4) is 0 Å². The Kier molecular flexibility index (Phi) is 4.85. The fraction of sp³-hybridized carbons (Fsp3) is 0.278. The van der Waals surface area contributed by atoms with Gasteiger partial charge in [0.15, 0.2) is 10.9 Å². The Bertz CT molecular complexity index is 965. The Hall–Kier alpha value is -2.67. The highest BCUT2D eigenvalue weighted by molar-refractivity contribution is 7.14. The second-order valence-electron chi connectivity index (χ2n) is 5.58. The lowest BCUT2D eigenvalue weighted by Crippen LogP contribution is -2.12. The number of aryl methyl sites for hydroxylation is 2. The summed E-state index contributed by atoms with van der Waals surface area (Å²) in [5, 5.41) is 4.75. The normalized spacial score (nSPS) is 10.8. The maximum Gasteiger partial charge on any atom is 0.257 e. The molecule has 0 aliphatic heterocycles. The van der Waals surface area contributed by atoms with Crippen molar-refractivity contribution in [1.29, 1.82) is 0 Å². The fourth-order valence-corrected chi connectivity index (χ4v) is 3.24. The Balaban J connectivity index is 1.89. The predicted octanol–water partition coefficient (Wildman–Crippen LogP) is 3.67. The number of aromatic nitrogens is 3. The summed E-state index contributed by atoms with van der Waals surface area (Å²) in [5.74, 6) is -0.415. The van der Waals surface area contributed by atoms with Crippen LogP contribution >= 0.6 is 11.3 Å². The quantitative estimate of drug-likeness (QED) is 0.707. The van der Waals surface area contributed by atoms with E-state index in [1.165, 1.54) is 18.3 Å². The smallest absolute Gasteiger partial charge is 0.257 e. The molecule has 6 nitrogen and oxygen atoms in total. The summed E-state index contributed by atoms with van der Waals surface area (Å²) >= 11 is 1.22. The summed E-state index contributed by atoms with van der Waals surface area (Å²) in [7, 11) is 0. The molecule has 3 aromatic rings. The molecule has 0 saturated heterocycles. The molecule has 0 spiro atoms. The molecule has 0 saturated carbocycles. The number of anilines is 1. The fourth-order valence-electron chi connectivity index (χ4n) is 2.50. The maximum atomic E-state index is 12.4. The van der Waals surface area contributed by atoms with Gasteiger partial charge in [-0.25, -0.2) is 15.0 Å². The van der Waals surface area contributed by atoms with Crippen molar-refractivity contribution in [1.82, 2.24) is 15.0 Å². The van der Waals surface area contributed by atoms with E-state index in [2.05, 4.69) is 27.2 Å². The van der Waals surface area contributed by atoms with Crippen LogP contribution in [0.2, 0.25) is 0 Å². The van der Waals surface area contributed by atoms with Gasteiger partial charge in [0.2, 0.25) is 0 Å². The first-order chi connectivity index (χ1) is 12.0. The van der Waals surface area contributed by atoms with Crippen molar-refractivity contribution < 1.29 is 9.59 Å². The summed E-state index contributed by atoms with van der Waals surface area (Å²) in [4.78, 5) is 37.1. The van der Waals surface area contributed by atoms with Crippen LogP contribution in [0.15, 0.2) is 23.6 Å². The van der Waals surface area contributed by atoms with Crippen molar-refractivity contribution in [3.05, 3.63) is 46.2 Å². The van der Waals surface area contributed by atoms with Gasteiger partial charge in [0.1, 0.15) is 5.69 Å². The molecule has 3 rings (SSSR count). The molecule has 0 bridgehead atoms. The molecule has 0 radical (unpaired) electrons. The second-order valence-corrected chi connectivity index (χ2v) is 6.43. The molecule has 128 valence electrons. The highest BCUT2D eigenvalue weighted by Crippen LogP contribution is 2.19. The zero-order valence-electron chi connectivity index (χ0n) is 14.3. The Morgan fingerprint density at radius 2 is 1.72 bits per heavy atom. The third-order valence-electron chi connectivity index (χ3n) is 3.84. The number of ketones is 1. The minimum atomic E-state index is -0.286. The summed E-state index contributed by atoms with van der Waals surface area (Å²) < 4.78 is 0. The largest absolute Gasteiger partial charge is 0.298 e. The maximum absolute atomic E-state index is 12.4. The lowest BCUT2D eigenvalue weighted by molar-refractivity contribution is 0.100. The van der Waals surface area contributed by atoms with Crippen molar-refractivity contribution in [2.75, 3.05) is 5.32 Å². The minimum Gasteiger partial charge on any atom is -0.298 e. The third kappa shape index (κ3) is 3.56. The average Bonchev–Trinajstić information content (AvgIpc) is 3.08. The third-order valence-corrected chi connectivity index (χ3v) is 4.59. The molecule has 0 aliphatic carbocycles. The highest BCUT2D eigenvalue weighted by Gasteiger charge is 2.13. The Labute approximate surface area is 149 Å². The number of carbonyl (C=O) groups is 2. The Morgan fingerprint density at radius 3 is 2.32 bits per heavy atom. The number of rotatable bonds is 5. The van der Waals surface area contributed by atoms with E-state index in [0.717, 1.165) is 29.7 Å². The van der Waals surface area contributed by atoms with Crippen LogP contribution < -0.4 is 5.32 Å². The number of fused-ring (bicyclic) bond motifs is 1. The molecule has 0 aliphatic rings. The van der Waals surface area contributed by atoms with Gasteiger partial charge < -0.3 is 0 Å². The number of Topliss-reactive ketones (excluding diaryl/α,β-unsaturated/α-hetero) is 1. The molecular weight excluding hydrogens is 336 g/mol. The molecule has 2 aromatic heterocycles. The van der Waals surface area contributed by atoms with E-state index < -0.39 is 0 Å². The summed E-state index contributed by atoms with van der Waals surface area (Å²) in [5.41, 5.74) is 4.26. The van der Waals surface area contributed by atoms with Crippen molar-refractivity contribution in [2.24, 2.45) is 0 Å². The number of thiazole rings is 1. The van der Waals surface area contributed by atoms with Gasteiger partial charge in [0.05, 0.1) is 22.4 Å². The first-order valence-electron chi connectivity index (χ1n) is 8.09. The van der Waals surface area contributed by atoms with Crippen LogP contribution in [-0.2, 0) is 12.8 Å². The lowest BCUT2D eigenvalue weighted by atomic mass is 10.1. The van der Waals surface area contributed by atoms with Crippen molar-refractivity contribution >= 4 is 39.2 Å². The van der Waals surface area contributed by atoms with Crippen molar-refractivity contribution in [2.45, 2.75) is 33.6 Å². The highest BCUT2D eigenvalue weighted by atomic mass is 32.1. The monoisotopic (exact) mass is 354 g/mol. The van der Waals surface area contributed by atoms with E-state index >= 15 is 0 Å². The van der Waals surface area contributed by atoms with Gasteiger partial charge in [-0.1, -0.05) is 13.8 Å². The first kappa shape index (κ1) is 17.2.